The van der Waals surface area contributed by atoms with E-state index in [1.165, 1.54) is 0 Å². The summed E-state index contributed by atoms with van der Waals surface area (Å²) in [6.07, 6.45) is 3.12. The van der Waals surface area contributed by atoms with E-state index in [0.29, 0.717) is 24.6 Å². The highest BCUT2D eigenvalue weighted by molar-refractivity contribution is 5.76. The predicted octanol–water partition coefficient (Wildman–Crippen LogP) is 2.30. The second kappa shape index (κ2) is 6.60. The normalized spacial score (nSPS) is 14.3. The maximum absolute atomic E-state index is 12.0. The molecule has 0 unspecified atom stereocenters. The smallest absolute Gasteiger partial charge is 0.227 e. The fourth-order valence-electron chi connectivity index (χ4n) is 2.55. The van der Waals surface area contributed by atoms with Gasteiger partial charge in [0.05, 0.1) is 7.11 Å². The number of ether oxygens (including phenoxy) is 1. The van der Waals surface area contributed by atoms with Crippen LogP contribution >= 0.6 is 0 Å². The molecular weight excluding hydrogens is 282 g/mol. The third kappa shape index (κ3) is 3.27. The molecule has 1 aliphatic rings. The molecule has 2 aromatic rings. The van der Waals surface area contributed by atoms with Gasteiger partial charge in [-0.3, -0.25) is 4.79 Å². The molecule has 116 valence electrons. The molecule has 2 heterocycles. The lowest BCUT2D eigenvalue weighted by molar-refractivity contribution is -0.130. The molecule has 1 aromatic carbocycles. The highest BCUT2D eigenvalue weighted by atomic mass is 16.5. The van der Waals surface area contributed by atoms with Crippen LogP contribution in [-0.4, -0.2) is 41.1 Å². The Balaban J connectivity index is 1.59. The average molecular weight is 301 g/mol. The summed E-state index contributed by atoms with van der Waals surface area (Å²) in [4.78, 5) is 18.2. The zero-order chi connectivity index (χ0) is 15.4. The molecule has 0 saturated carbocycles. The molecule has 0 atom stereocenters. The number of nitrogens with zero attached hydrogens (tertiary/aromatic N) is 3. The number of hydrogen-bond donors (Lipinski definition) is 0. The van der Waals surface area contributed by atoms with Crippen molar-refractivity contribution in [2.75, 3.05) is 20.2 Å². The number of aryl methyl sites for hydroxylation is 1. The van der Waals surface area contributed by atoms with Crippen molar-refractivity contribution < 1.29 is 14.1 Å². The van der Waals surface area contributed by atoms with Crippen LogP contribution in [0.5, 0.6) is 5.75 Å². The molecule has 0 bridgehead atoms. The molecule has 1 aliphatic heterocycles. The monoisotopic (exact) mass is 301 g/mol. The quantitative estimate of drug-likeness (QED) is 0.847. The van der Waals surface area contributed by atoms with Gasteiger partial charge in [0.1, 0.15) is 5.75 Å². The molecule has 6 nitrogen and oxygen atoms in total. The van der Waals surface area contributed by atoms with Crippen molar-refractivity contribution in [3.63, 3.8) is 0 Å². The van der Waals surface area contributed by atoms with Crippen molar-refractivity contribution in [2.45, 2.75) is 25.7 Å². The fraction of sp³-hybridized carbons (Fsp3) is 0.438. The topological polar surface area (TPSA) is 68.5 Å². The van der Waals surface area contributed by atoms with Crippen LogP contribution in [0.3, 0.4) is 0 Å². The Morgan fingerprint density at radius 2 is 2.00 bits per heavy atom. The minimum Gasteiger partial charge on any atom is -0.497 e. The first kappa shape index (κ1) is 14.6. The van der Waals surface area contributed by atoms with E-state index in [0.717, 1.165) is 37.2 Å². The SMILES string of the molecule is COc1ccc(-c2noc(CCC(=O)N3CCCC3)n2)cc1. The highest BCUT2D eigenvalue weighted by Crippen LogP contribution is 2.20. The lowest BCUT2D eigenvalue weighted by Gasteiger charge is -2.13. The number of hydrogen-bond acceptors (Lipinski definition) is 5. The lowest BCUT2D eigenvalue weighted by atomic mass is 10.2. The number of likely N-dealkylation sites (tertiary alicyclic amines) is 1. The van der Waals surface area contributed by atoms with Gasteiger partial charge in [-0.15, -0.1) is 0 Å². The molecule has 1 amide bonds. The zero-order valence-electron chi connectivity index (χ0n) is 12.6. The van der Waals surface area contributed by atoms with Crippen LogP contribution in [0.25, 0.3) is 11.4 Å². The summed E-state index contributed by atoms with van der Waals surface area (Å²) < 4.78 is 10.3. The summed E-state index contributed by atoms with van der Waals surface area (Å²) >= 11 is 0. The number of carbonyl (C=O) groups is 1. The third-order valence-corrected chi connectivity index (χ3v) is 3.83. The van der Waals surface area contributed by atoms with Gasteiger partial charge in [-0.1, -0.05) is 5.16 Å². The van der Waals surface area contributed by atoms with Crippen LogP contribution < -0.4 is 4.74 Å². The first-order chi connectivity index (χ1) is 10.8. The number of benzene rings is 1. The van der Waals surface area contributed by atoms with Crippen LogP contribution in [0.2, 0.25) is 0 Å². The highest BCUT2D eigenvalue weighted by Gasteiger charge is 2.18. The molecular formula is C16H19N3O3. The van der Waals surface area contributed by atoms with Gasteiger partial charge < -0.3 is 14.2 Å². The van der Waals surface area contributed by atoms with E-state index in [1.54, 1.807) is 7.11 Å². The van der Waals surface area contributed by atoms with Gasteiger partial charge in [0.25, 0.3) is 0 Å². The van der Waals surface area contributed by atoms with Crippen LogP contribution in [0.1, 0.15) is 25.2 Å². The van der Waals surface area contributed by atoms with E-state index in [-0.39, 0.29) is 5.91 Å². The van der Waals surface area contributed by atoms with Crippen molar-refractivity contribution in [1.82, 2.24) is 15.0 Å². The molecule has 22 heavy (non-hydrogen) atoms. The summed E-state index contributed by atoms with van der Waals surface area (Å²) in [6, 6.07) is 7.45. The Bertz CT molecular complexity index is 630. The van der Waals surface area contributed by atoms with Gasteiger partial charge in [0.15, 0.2) is 0 Å². The van der Waals surface area contributed by atoms with Crippen molar-refractivity contribution in [1.29, 1.82) is 0 Å². The van der Waals surface area contributed by atoms with Gasteiger partial charge in [-0.25, -0.2) is 0 Å². The van der Waals surface area contributed by atoms with Crippen molar-refractivity contribution in [2.24, 2.45) is 0 Å². The predicted molar refractivity (Wildman–Crippen MR) is 80.4 cm³/mol. The summed E-state index contributed by atoms with van der Waals surface area (Å²) in [5.41, 5.74) is 0.863. The Morgan fingerprint density at radius 3 is 2.68 bits per heavy atom. The molecule has 3 rings (SSSR count). The molecule has 0 aliphatic carbocycles. The summed E-state index contributed by atoms with van der Waals surface area (Å²) in [5.74, 6) is 1.98. The largest absolute Gasteiger partial charge is 0.497 e. The van der Waals surface area contributed by atoms with Gasteiger partial charge in [-0.2, -0.15) is 4.98 Å². The number of methoxy groups -OCH3 is 1. The fourth-order valence-corrected chi connectivity index (χ4v) is 2.55. The van der Waals surface area contributed by atoms with E-state index in [9.17, 15) is 4.79 Å². The Labute approximate surface area is 129 Å². The minimum absolute atomic E-state index is 0.168. The minimum atomic E-state index is 0.168. The first-order valence-electron chi connectivity index (χ1n) is 7.51. The molecule has 6 heteroatoms. The summed E-state index contributed by atoms with van der Waals surface area (Å²) in [7, 11) is 1.62. The molecule has 0 spiro atoms. The van der Waals surface area contributed by atoms with E-state index < -0.39 is 0 Å². The summed E-state index contributed by atoms with van der Waals surface area (Å²) in [5, 5.41) is 3.97. The van der Waals surface area contributed by atoms with E-state index in [2.05, 4.69) is 10.1 Å². The lowest BCUT2D eigenvalue weighted by Crippen LogP contribution is -2.27. The maximum Gasteiger partial charge on any atom is 0.227 e. The van der Waals surface area contributed by atoms with Gasteiger partial charge in [0, 0.05) is 31.5 Å². The Morgan fingerprint density at radius 1 is 1.27 bits per heavy atom. The molecule has 1 aromatic heterocycles. The molecule has 0 N–H and O–H groups in total. The van der Waals surface area contributed by atoms with Crippen molar-refractivity contribution in [3.05, 3.63) is 30.2 Å². The van der Waals surface area contributed by atoms with Crippen molar-refractivity contribution in [3.8, 4) is 17.1 Å². The number of amides is 1. The molecule has 1 saturated heterocycles. The van der Waals surface area contributed by atoms with Crippen LogP contribution in [0.4, 0.5) is 0 Å². The van der Waals surface area contributed by atoms with Crippen molar-refractivity contribution >= 4 is 5.91 Å². The van der Waals surface area contributed by atoms with Crippen LogP contribution in [0.15, 0.2) is 28.8 Å². The second-order valence-electron chi connectivity index (χ2n) is 5.33. The zero-order valence-corrected chi connectivity index (χ0v) is 12.6. The Hall–Kier alpha value is -2.37. The van der Waals surface area contributed by atoms with E-state index >= 15 is 0 Å². The summed E-state index contributed by atoms with van der Waals surface area (Å²) in [6.45, 7) is 1.75. The van der Waals surface area contributed by atoms with E-state index in [1.807, 2.05) is 29.2 Å². The van der Waals surface area contributed by atoms with Gasteiger partial charge in [-0.05, 0) is 37.1 Å². The molecule has 0 radical (unpaired) electrons. The number of carbonyl (C=O) groups excluding carboxylic acids is 1. The van der Waals surface area contributed by atoms with Gasteiger partial charge in [0.2, 0.25) is 17.6 Å². The number of aromatic nitrogens is 2. The van der Waals surface area contributed by atoms with E-state index in [4.69, 9.17) is 9.26 Å². The maximum atomic E-state index is 12.0. The first-order valence-corrected chi connectivity index (χ1v) is 7.51. The Kier molecular flexibility index (Phi) is 4.37. The number of rotatable bonds is 5. The second-order valence-corrected chi connectivity index (χ2v) is 5.33. The van der Waals surface area contributed by atoms with Gasteiger partial charge >= 0.3 is 0 Å². The van der Waals surface area contributed by atoms with Crippen LogP contribution in [0, 0.1) is 0 Å². The average Bonchev–Trinajstić information content (AvgIpc) is 3.24. The van der Waals surface area contributed by atoms with Crippen LogP contribution in [-0.2, 0) is 11.2 Å². The standard InChI is InChI=1S/C16H19N3O3/c1-21-13-6-4-12(5-7-13)16-17-14(22-18-16)8-9-15(20)19-10-2-3-11-19/h4-7H,2-3,8-11H2,1H3. The molecule has 1 fully saturated rings. The third-order valence-electron chi connectivity index (χ3n) is 3.83.